The highest BCUT2D eigenvalue weighted by molar-refractivity contribution is 9.10. The number of fused-ring (bicyclic) bond motifs is 1. The second-order valence-electron chi connectivity index (χ2n) is 8.48. The van der Waals surface area contributed by atoms with E-state index in [0.717, 1.165) is 10.5 Å². The van der Waals surface area contributed by atoms with Crippen LogP contribution in [0.15, 0.2) is 40.9 Å². The van der Waals surface area contributed by atoms with Gasteiger partial charge in [-0.2, -0.15) is 0 Å². The molecule has 1 aliphatic heterocycles. The summed E-state index contributed by atoms with van der Waals surface area (Å²) < 4.78 is 5.80. The van der Waals surface area contributed by atoms with Crippen molar-refractivity contribution >= 4 is 85.8 Å². The van der Waals surface area contributed by atoms with Crippen LogP contribution in [0.5, 0.6) is 0 Å². The number of alkyl halides is 2. The molecular formula is C24H20BrCl3N2O5. The van der Waals surface area contributed by atoms with Crippen LogP contribution in [-0.4, -0.2) is 41.1 Å². The van der Waals surface area contributed by atoms with E-state index in [9.17, 15) is 19.2 Å². The van der Waals surface area contributed by atoms with Crippen molar-refractivity contribution in [2.75, 3.05) is 16.8 Å². The number of rotatable bonds is 5. The van der Waals surface area contributed by atoms with Gasteiger partial charge in [0.2, 0.25) is 11.8 Å². The van der Waals surface area contributed by atoms with Crippen LogP contribution in [0.4, 0.5) is 11.4 Å². The van der Waals surface area contributed by atoms with Crippen molar-refractivity contribution in [2.24, 2.45) is 11.8 Å². The highest BCUT2D eigenvalue weighted by Gasteiger charge is 2.52. The molecule has 0 unspecified atom stereocenters. The van der Waals surface area contributed by atoms with Gasteiger partial charge in [-0.1, -0.05) is 11.6 Å². The molecule has 0 bridgehead atoms. The molecular weight excluding hydrogens is 583 g/mol. The number of ether oxygens (including phenoxy) is 1. The Hall–Kier alpha value is -2.13. The average molecular weight is 603 g/mol. The summed E-state index contributed by atoms with van der Waals surface area (Å²) in [6.45, 7) is 1.30. The van der Waals surface area contributed by atoms with Crippen LogP contribution in [0.2, 0.25) is 5.02 Å². The van der Waals surface area contributed by atoms with Crippen molar-refractivity contribution in [2.45, 2.75) is 30.5 Å². The van der Waals surface area contributed by atoms with Gasteiger partial charge in [0.05, 0.1) is 38.9 Å². The van der Waals surface area contributed by atoms with E-state index in [4.69, 9.17) is 39.5 Å². The minimum atomic E-state index is -0.722. The summed E-state index contributed by atoms with van der Waals surface area (Å²) in [5, 5.41) is 2.35. The number of nitrogens with zero attached hydrogens (tertiary/aromatic N) is 1. The van der Waals surface area contributed by atoms with Crippen molar-refractivity contribution in [3.05, 3.63) is 57.0 Å². The second kappa shape index (κ2) is 10.5. The van der Waals surface area contributed by atoms with Gasteiger partial charge in [0, 0.05) is 10.2 Å². The van der Waals surface area contributed by atoms with Crippen molar-refractivity contribution in [1.29, 1.82) is 0 Å². The summed E-state index contributed by atoms with van der Waals surface area (Å²) in [6, 6.07) is 9.22. The molecule has 2 aromatic rings. The van der Waals surface area contributed by atoms with Gasteiger partial charge in [0.15, 0.2) is 6.61 Å². The Kier molecular flexibility index (Phi) is 7.76. The third-order valence-corrected chi connectivity index (χ3v) is 8.44. The molecule has 0 radical (unpaired) electrons. The maximum Gasteiger partial charge on any atom is 0.338 e. The quantitative estimate of drug-likeness (QED) is 0.284. The number of carbonyl (C=O) groups is 4. The van der Waals surface area contributed by atoms with Crippen LogP contribution in [0.1, 0.15) is 28.8 Å². The van der Waals surface area contributed by atoms with Crippen LogP contribution in [0, 0.1) is 18.8 Å². The number of imide groups is 1. The van der Waals surface area contributed by atoms with Crippen molar-refractivity contribution in [1.82, 2.24) is 0 Å². The number of aryl methyl sites for hydroxylation is 1. The molecule has 1 saturated carbocycles. The minimum absolute atomic E-state index is 0.169. The lowest BCUT2D eigenvalue weighted by atomic mass is 9.80. The molecule has 1 saturated heterocycles. The fourth-order valence-electron chi connectivity index (χ4n) is 4.28. The Morgan fingerprint density at radius 1 is 1.06 bits per heavy atom. The summed E-state index contributed by atoms with van der Waals surface area (Å²) >= 11 is 21.8. The Labute approximate surface area is 225 Å². The molecule has 7 nitrogen and oxygen atoms in total. The molecule has 184 valence electrons. The molecule has 3 amide bonds. The van der Waals surface area contributed by atoms with Gasteiger partial charge < -0.3 is 10.1 Å². The molecule has 1 N–H and O–H groups in total. The lowest BCUT2D eigenvalue weighted by Gasteiger charge is -2.28. The Bertz CT molecular complexity index is 1180. The minimum Gasteiger partial charge on any atom is -0.452 e. The number of halogens is 4. The molecule has 4 atom stereocenters. The summed E-state index contributed by atoms with van der Waals surface area (Å²) in [5.74, 6) is -2.86. The topological polar surface area (TPSA) is 92.8 Å². The number of esters is 1. The molecule has 11 heteroatoms. The molecule has 1 aliphatic carbocycles. The lowest BCUT2D eigenvalue weighted by Crippen LogP contribution is -2.34. The highest BCUT2D eigenvalue weighted by atomic mass is 79.9. The van der Waals surface area contributed by atoms with E-state index >= 15 is 0 Å². The molecule has 2 aromatic carbocycles. The summed E-state index contributed by atoms with van der Waals surface area (Å²) in [4.78, 5) is 51.5. The summed E-state index contributed by atoms with van der Waals surface area (Å²) in [7, 11) is 0. The number of nitrogens with one attached hydrogen (secondary N) is 1. The van der Waals surface area contributed by atoms with Gasteiger partial charge in [-0.25, -0.2) is 4.79 Å². The maximum absolute atomic E-state index is 12.9. The smallest absolute Gasteiger partial charge is 0.338 e. The van der Waals surface area contributed by atoms with E-state index < -0.39 is 30.3 Å². The van der Waals surface area contributed by atoms with Crippen molar-refractivity contribution < 1.29 is 23.9 Å². The number of hydrogen-bond acceptors (Lipinski definition) is 5. The summed E-state index contributed by atoms with van der Waals surface area (Å²) in [6.07, 6.45) is 0.694. The summed E-state index contributed by atoms with van der Waals surface area (Å²) in [5.41, 5.74) is 1.81. The van der Waals surface area contributed by atoms with Crippen LogP contribution >= 0.6 is 50.7 Å². The molecule has 0 spiro atoms. The van der Waals surface area contributed by atoms with Crippen LogP contribution in [0.3, 0.4) is 0 Å². The molecule has 0 aromatic heterocycles. The first-order chi connectivity index (χ1) is 16.6. The van der Waals surface area contributed by atoms with Crippen LogP contribution < -0.4 is 10.2 Å². The maximum atomic E-state index is 12.9. The highest BCUT2D eigenvalue weighted by Crippen LogP contribution is 2.43. The fraction of sp³-hybridized carbons (Fsp3) is 0.333. The van der Waals surface area contributed by atoms with Gasteiger partial charge in [-0.3, -0.25) is 19.3 Å². The van der Waals surface area contributed by atoms with E-state index in [1.807, 2.05) is 0 Å². The SMILES string of the molecule is Cc1cc(Br)c(Cl)cc1NC(=O)COC(=O)c1ccc(N2C(=O)[C@H]3C[C@H](Cl)[C@@H](Cl)C[C@H]3C2=O)cc1. The predicted octanol–water partition coefficient (Wildman–Crippen LogP) is 5.32. The normalized spacial score (nSPS) is 23.7. The zero-order valence-corrected chi connectivity index (χ0v) is 22.2. The Morgan fingerprint density at radius 3 is 2.20 bits per heavy atom. The number of hydrogen-bond donors (Lipinski definition) is 1. The van der Waals surface area contributed by atoms with Gasteiger partial charge in [0.25, 0.3) is 5.91 Å². The fourth-order valence-corrected chi connectivity index (χ4v) is 5.49. The van der Waals surface area contributed by atoms with E-state index in [1.165, 1.54) is 24.3 Å². The predicted molar refractivity (Wildman–Crippen MR) is 137 cm³/mol. The second-order valence-corrected chi connectivity index (χ2v) is 10.9. The van der Waals surface area contributed by atoms with Gasteiger partial charge in [0.1, 0.15) is 0 Å². The number of carbonyl (C=O) groups excluding carboxylic acids is 4. The zero-order chi connectivity index (χ0) is 25.4. The zero-order valence-electron chi connectivity index (χ0n) is 18.4. The first kappa shape index (κ1) is 25.9. The van der Waals surface area contributed by atoms with Gasteiger partial charge in [-0.05, 0) is 77.7 Å². The van der Waals surface area contributed by atoms with E-state index in [2.05, 4.69) is 21.2 Å². The van der Waals surface area contributed by atoms with Crippen LogP contribution in [0.25, 0.3) is 0 Å². The van der Waals surface area contributed by atoms with E-state index in [-0.39, 0.29) is 28.1 Å². The lowest BCUT2D eigenvalue weighted by molar-refractivity contribution is -0.122. The monoisotopic (exact) mass is 600 g/mol. The van der Waals surface area contributed by atoms with E-state index in [1.54, 1.807) is 19.1 Å². The number of amides is 3. The van der Waals surface area contributed by atoms with Crippen LogP contribution in [-0.2, 0) is 19.1 Å². The Balaban J connectivity index is 1.37. The third-order valence-electron chi connectivity index (χ3n) is 6.15. The number of benzene rings is 2. The molecule has 2 fully saturated rings. The van der Waals surface area contributed by atoms with Gasteiger partial charge >= 0.3 is 5.97 Å². The largest absolute Gasteiger partial charge is 0.452 e. The molecule has 2 aliphatic rings. The number of anilines is 2. The van der Waals surface area contributed by atoms with Crippen molar-refractivity contribution in [3.8, 4) is 0 Å². The molecule has 4 rings (SSSR count). The average Bonchev–Trinajstić information content (AvgIpc) is 3.05. The first-order valence-corrected chi connectivity index (χ1v) is 12.8. The first-order valence-electron chi connectivity index (χ1n) is 10.8. The van der Waals surface area contributed by atoms with E-state index in [0.29, 0.717) is 33.7 Å². The van der Waals surface area contributed by atoms with Crippen molar-refractivity contribution in [3.63, 3.8) is 0 Å². The third kappa shape index (κ3) is 5.35. The molecule has 35 heavy (non-hydrogen) atoms. The molecule has 1 heterocycles. The Morgan fingerprint density at radius 2 is 1.63 bits per heavy atom. The standard InChI is InChI=1S/C24H20BrCl3N2O5/c1-11-6-16(25)17(26)9-20(11)29-21(31)10-35-24(34)12-2-4-13(5-3-12)30-22(32)14-7-18(27)19(28)8-15(14)23(30)33/h2-6,9,14-15,18-19H,7-8,10H2,1H3,(H,29,31)/t14-,15+,18-,19-/m0/s1. The van der Waals surface area contributed by atoms with Gasteiger partial charge in [-0.15, -0.1) is 23.2 Å².